The predicted octanol–water partition coefficient (Wildman–Crippen LogP) is 4.56. The normalized spacial score (nSPS) is 14.4. The van der Waals surface area contributed by atoms with Gasteiger partial charge in [-0.3, -0.25) is 4.90 Å². The second kappa shape index (κ2) is 11.5. The number of rotatable bonds is 6. The van der Waals surface area contributed by atoms with Gasteiger partial charge >= 0.3 is 12.3 Å². The fourth-order valence-corrected chi connectivity index (χ4v) is 3.63. The standard InChI is InChI=1S/C23H28F3N3O3.ClH/c1-27(2)22(30)32-20-9-8-17(16-21(20)31-3)10-11-28-12-14-29(15-13-28)19-7-5-4-6-18(19)23(24,25)26;/h4-9,16H,10-15H2,1-3H3;1H. The van der Waals surface area contributed by atoms with Crippen molar-refractivity contribution >= 4 is 24.2 Å². The number of alkyl halides is 3. The van der Waals surface area contributed by atoms with Crippen LogP contribution in [-0.4, -0.2) is 69.8 Å². The molecule has 2 aromatic rings. The molecule has 0 aliphatic carbocycles. The second-order valence-corrected chi connectivity index (χ2v) is 7.84. The molecule has 0 spiro atoms. The second-order valence-electron chi connectivity index (χ2n) is 7.84. The van der Waals surface area contributed by atoms with Crippen molar-refractivity contribution in [1.29, 1.82) is 0 Å². The maximum atomic E-state index is 13.3. The van der Waals surface area contributed by atoms with Crippen LogP contribution < -0.4 is 14.4 Å². The van der Waals surface area contributed by atoms with Gasteiger partial charge in [0.15, 0.2) is 11.5 Å². The minimum absolute atomic E-state index is 0. The van der Waals surface area contributed by atoms with Crippen molar-refractivity contribution in [3.05, 3.63) is 53.6 Å². The van der Waals surface area contributed by atoms with Crippen LogP contribution in [0.4, 0.5) is 23.7 Å². The number of nitrogens with zero attached hydrogens (tertiary/aromatic N) is 3. The molecule has 1 aliphatic rings. The topological polar surface area (TPSA) is 45.3 Å². The van der Waals surface area contributed by atoms with Gasteiger partial charge in [-0.05, 0) is 36.2 Å². The zero-order valence-corrected chi connectivity index (χ0v) is 19.7. The number of benzene rings is 2. The van der Waals surface area contributed by atoms with E-state index in [0.29, 0.717) is 37.7 Å². The van der Waals surface area contributed by atoms with Crippen LogP contribution in [0.2, 0.25) is 0 Å². The zero-order valence-electron chi connectivity index (χ0n) is 18.9. The van der Waals surface area contributed by atoms with Crippen molar-refractivity contribution in [3.8, 4) is 11.5 Å². The number of para-hydroxylation sites is 1. The average Bonchev–Trinajstić information content (AvgIpc) is 2.78. The molecule has 0 bridgehead atoms. The van der Waals surface area contributed by atoms with Gasteiger partial charge in [0.2, 0.25) is 0 Å². The van der Waals surface area contributed by atoms with E-state index >= 15 is 0 Å². The fraction of sp³-hybridized carbons (Fsp3) is 0.435. The lowest BCUT2D eigenvalue weighted by Crippen LogP contribution is -2.47. The molecule has 10 heteroatoms. The Morgan fingerprint density at radius 1 is 1.03 bits per heavy atom. The number of halogens is 4. The molecule has 33 heavy (non-hydrogen) atoms. The Morgan fingerprint density at radius 2 is 1.70 bits per heavy atom. The summed E-state index contributed by atoms with van der Waals surface area (Å²) in [5.74, 6) is 0.832. The molecule has 0 atom stereocenters. The van der Waals surface area contributed by atoms with Gasteiger partial charge in [0, 0.05) is 52.5 Å². The molecule has 1 heterocycles. The molecule has 2 aromatic carbocycles. The number of ether oxygens (including phenoxy) is 2. The predicted molar refractivity (Wildman–Crippen MR) is 124 cm³/mol. The van der Waals surface area contributed by atoms with Crippen molar-refractivity contribution in [2.75, 3.05) is 58.8 Å². The van der Waals surface area contributed by atoms with E-state index in [2.05, 4.69) is 4.90 Å². The molecule has 0 N–H and O–H groups in total. The first-order valence-electron chi connectivity index (χ1n) is 10.4. The Morgan fingerprint density at radius 3 is 2.30 bits per heavy atom. The summed E-state index contributed by atoms with van der Waals surface area (Å²) in [6, 6.07) is 11.2. The van der Waals surface area contributed by atoms with Crippen molar-refractivity contribution in [2.24, 2.45) is 0 Å². The minimum atomic E-state index is -4.36. The highest BCUT2D eigenvalue weighted by atomic mass is 35.5. The van der Waals surface area contributed by atoms with Crippen LogP contribution in [0.25, 0.3) is 0 Å². The monoisotopic (exact) mass is 487 g/mol. The number of amides is 1. The Balaban J connectivity index is 0.00000385. The van der Waals surface area contributed by atoms with Gasteiger partial charge in [0.25, 0.3) is 0 Å². The molecule has 1 aliphatic heterocycles. The summed E-state index contributed by atoms with van der Waals surface area (Å²) >= 11 is 0. The third-order valence-electron chi connectivity index (χ3n) is 5.43. The molecule has 182 valence electrons. The van der Waals surface area contributed by atoms with Crippen molar-refractivity contribution in [2.45, 2.75) is 12.6 Å². The van der Waals surface area contributed by atoms with Gasteiger partial charge in [-0.2, -0.15) is 13.2 Å². The van der Waals surface area contributed by atoms with E-state index in [4.69, 9.17) is 9.47 Å². The Bertz CT molecular complexity index is 933. The summed E-state index contributed by atoms with van der Waals surface area (Å²) in [6.07, 6.45) is -4.10. The number of carbonyl (C=O) groups excluding carboxylic acids is 1. The fourth-order valence-electron chi connectivity index (χ4n) is 3.63. The highest BCUT2D eigenvalue weighted by Crippen LogP contribution is 2.36. The molecular formula is C23H29ClF3N3O3. The van der Waals surface area contributed by atoms with Crippen LogP contribution in [-0.2, 0) is 12.6 Å². The van der Waals surface area contributed by atoms with Gasteiger partial charge < -0.3 is 19.3 Å². The summed E-state index contributed by atoms with van der Waals surface area (Å²) < 4.78 is 50.6. The lowest BCUT2D eigenvalue weighted by molar-refractivity contribution is -0.137. The molecular weight excluding hydrogens is 459 g/mol. The van der Waals surface area contributed by atoms with E-state index in [1.54, 1.807) is 31.1 Å². The van der Waals surface area contributed by atoms with E-state index in [1.165, 1.54) is 24.1 Å². The number of hydrogen-bond donors (Lipinski definition) is 0. The summed E-state index contributed by atoms with van der Waals surface area (Å²) in [5, 5.41) is 0. The molecule has 1 saturated heterocycles. The van der Waals surface area contributed by atoms with Gasteiger partial charge in [0.05, 0.1) is 12.7 Å². The Labute approximate surface area is 198 Å². The highest BCUT2D eigenvalue weighted by molar-refractivity contribution is 5.85. The van der Waals surface area contributed by atoms with Crippen LogP contribution in [0.1, 0.15) is 11.1 Å². The smallest absolute Gasteiger partial charge is 0.418 e. The average molecular weight is 488 g/mol. The first-order chi connectivity index (χ1) is 15.2. The highest BCUT2D eigenvalue weighted by Gasteiger charge is 2.35. The lowest BCUT2D eigenvalue weighted by Gasteiger charge is -2.37. The summed E-state index contributed by atoms with van der Waals surface area (Å²) in [4.78, 5) is 17.1. The Hall–Kier alpha value is -2.65. The van der Waals surface area contributed by atoms with Crippen molar-refractivity contribution < 1.29 is 27.4 Å². The van der Waals surface area contributed by atoms with Crippen LogP contribution >= 0.6 is 12.4 Å². The SMILES string of the molecule is COc1cc(CCN2CCN(c3ccccc3C(F)(F)F)CC2)ccc1OC(=O)N(C)C.Cl. The largest absolute Gasteiger partial charge is 0.493 e. The third-order valence-corrected chi connectivity index (χ3v) is 5.43. The molecule has 6 nitrogen and oxygen atoms in total. The molecule has 0 saturated carbocycles. The summed E-state index contributed by atoms with van der Waals surface area (Å²) in [5.41, 5.74) is 0.680. The quantitative estimate of drug-likeness (QED) is 0.597. The molecule has 0 unspecified atom stereocenters. The number of anilines is 1. The third kappa shape index (κ3) is 6.91. The van der Waals surface area contributed by atoms with Gasteiger partial charge in [-0.15, -0.1) is 12.4 Å². The van der Waals surface area contributed by atoms with E-state index in [-0.39, 0.29) is 18.1 Å². The Kier molecular flexibility index (Phi) is 9.25. The van der Waals surface area contributed by atoms with Gasteiger partial charge in [-0.25, -0.2) is 4.79 Å². The van der Waals surface area contributed by atoms with E-state index in [0.717, 1.165) is 24.6 Å². The van der Waals surface area contributed by atoms with Crippen LogP contribution in [0, 0.1) is 0 Å². The van der Waals surface area contributed by atoms with Crippen molar-refractivity contribution in [3.63, 3.8) is 0 Å². The van der Waals surface area contributed by atoms with Gasteiger partial charge in [0.1, 0.15) is 0 Å². The first kappa shape index (κ1) is 26.6. The molecule has 0 radical (unpaired) electrons. The number of hydrogen-bond acceptors (Lipinski definition) is 5. The minimum Gasteiger partial charge on any atom is -0.493 e. The lowest BCUT2D eigenvalue weighted by atomic mass is 10.1. The first-order valence-corrected chi connectivity index (χ1v) is 10.4. The molecule has 0 aromatic heterocycles. The summed E-state index contributed by atoms with van der Waals surface area (Å²) in [7, 11) is 4.72. The maximum Gasteiger partial charge on any atom is 0.418 e. The van der Waals surface area contributed by atoms with Crippen molar-refractivity contribution in [1.82, 2.24) is 9.80 Å². The zero-order chi connectivity index (χ0) is 23.3. The maximum absolute atomic E-state index is 13.3. The van der Waals surface area contributed by atoms with E-state index in [1.807, 2.05) is 12.1 Å². The number of carbonyl (C=O) groups is 1. The molecule has 1 amide bonds. The van der Waals surface area contributed by atoms with E-state index < -0.39 is 17.8 Å². The molecule has 3 rings (SSSR count). The number of piperazine rings is 1. The van der Waals surface area contributed by atoms with Crippen LogP contribution in [0.5, 0.6) is 11.5 Å². The summed E-state index contributed by atoms with van der Waals surface area (Å²) in [6.45, 7) is 3.21. The van der Waals surface area contributed by atoms with Gasteiger partial charge in [-0.1, -0.05) is 18.2 Å². The number of methoxy groups -OCH3 is 1. The van der Waals surface area contributed by atoms with E-state index in [9.17, 15) is 18.0 Å². The molecule has 1 fully saturated rings. The van der Waals surface area contributed by atoms with Crippen LogP contribution in [0.15, 0.2) is 42.5 Å². The van der Waals surface area contributed by atoms with Crippen LogP contribution in [0.3, 0.4) is 0 Å².